The quantitative estimate of drug-likeness (QED) is 0.394. The van der Waals surface area contributed by atoms with Gasteiger partial charge in [0.05, 0.1) is 0 Å². The maximum atomic E-state index is 13.1. The molecule has 3 aromatic carbocycles. The number of carbonyl (C=O) groups excluding carboxylic acids is 1. The van der Waals surface area contributed by atoms with Crippen LogP contribution < -0.4 is 5.32 Å². The molecule has 0 radical (unpaired) electrons. The molecule has 0 spiro atoms. The third-order valence-electron chi connectivity index (χ3n) is 5.07. The third-order valence-corrected chi connectivity index (χ3v) is 6.05. The number of nitrogens with one attached hydrogen (secondary N) is 1. The second-order valence-electron chi connectivity index (χ2n) is 7.46. The summed E-state index contributed by atoms with van der Waals surface area (Å²) in [6.45, 7) is 4.31. The fraction of sp³-hybridized carbons (Fsp3) is 0.160. The van der Waals surface area contributed by atoms with Crippen LogP contribution in [0.15, 0.2) is 78.0 Å². The average molecular weight is 447 g/mol. The average Bonchev–Trinajstić information content (AvgIpc) is 3.18. The van der Waals surface area contributed by atoms with Gasteiger partial charge < -0.3 is 5.32 Å². The van der Waals surface area contributed by atoms with E-state index in [9.17, 15) is 9.18 Å². The molecule has 4 aromatic rings. The molecule has 1 aromatic heterocycles. The van der Waals surface area contributed by atoms with Crippen LogP contribution in [0.2, 0.25) is 0 Å². The van der Waals surface area contributed by atoms with Gasteiger partial charge in [-0.3, -0.25) is 9.36 Å². The molecule has 0 aliphatic carbocycles. The van der Waals surface area contributed by atoms with Gasteiger partial charge in [0.15, 0.2) is 5.16 Å². The molecule has 0 saturated heterocycles. The van der Waals surface area contributed by atoms with Gasteiger partial charge in [-0.2, -0.15) is 0 Å². The Morgan fingerprint density at radius 3 is 2.44 bits per heavy atom. The highest BCUT2D eigenvalue weighted by Gasteiger charge is 2.15. The van der Waals surface area contributed by atoms with E-state index in [1.165, 1.54) is 29.5 Å². The maximum absolute atomic E-state index is 13.1. The second-order valence-corrected chi connectivity index (χ2v) is 8.40. The van der Waals surface area contributed by atoms with E-state index < -0.39 is 0 Å². The number of aromatic nitrogens is 3. The molecule has 1 N–H and O–H groups in total. The lowest BCUT2D eigenvalue weighted by Gasteiger charge is -2.11. The molecule has 0 atom stereocenters. The first-order valence-corrected chi connectivity index (χ1v) is 11.2. The number of aryl methyl sites for hydroxylation is 2. The minimum absolute atomic E-state index is 0.165. The largest absolute Gasteiger partial charge is 0.348 e. The molecule has 0 fully saturated rings. The Kier molecular flexibility index (Phi) is 6.66. The zero-order valence-corrected chi connectivity index (χ0v) is 18.7. The summed E-state index contributed by atoms with van der Waals surface area (Å²) in [5.74, 6) is 0.920. The van der Waals surface area contributed by atoms with Gasteiger partial charge in [0.1, 0.15) is 11.6 Å². The van der Waals surface area contributed by atoms with Crippen molar-refractivity contribution in [1.82, 2.24) is 20.1 Å². The van der Waals surface area contributed by atoms with Crippen molar-refractivity contribution in [2.45, 2.75) is 31.3 Å². The molecule has 0 aliphatic heterocycles. The lowest BCUT2D eigenvalue weighted by Crippen LogP contribution is -2.23. The molecular weight excluding hydrogens is 423 g/mol. The van der Waals surface area contributed by atoms with Crippen molar-refractivity contribution >= 4 is 17.7 Å². The van der Waals surface area contributed by atoms with E-state index in [0.717, 1.165) is 27.8 Å². The molecule has 0 bridgehead atoms. The summed E-state index contributed by atoms with van der Waals surface area (Å²) in [6, 6.07) is 21.8. The SMILES string of the molecule is Cc1ccc(-n2c(C)nnc2SCc2ccccc2C(=O)NCc2ccc(F)cc2)cc1. The van der Waals surface area contributed by atoms with Crippen LogP contribution in [-0.4, -0.2) is 20.7 Å². The number of carbonyl (C=O) groups is 1. The van der Waals surface area contributed by atoms with Gasteiger partial charge in [0.2, 0.25) is 0 Å². The fourth-order valence-corrected chi connectivity index (χ4v) is 4.32. The Bertz CT molecular complexity index is 1220. The molecule has 1 amide bonds. The molecule has 162 valence electrons. The summed E-state index contributed by atoms with van der Waals surface area (Å²) in [5.41, 5.74) is 4.55. The van der Waals surface area contributed by atoms with Gasteiger partial charge in [-0.05, 0) is 55.3 Å². The van der Waals surface area contributed by atoms with Crippen molar-refractivity contribution in [2.75, 3.05) is 0 Å². The van der Waals surface area contributed by atoms with Gasteiger partial charge in [-0.15, -0.1) is 10.2 Å². The predicted octanol–water partition coefficient (Wildman–Crippen LogP) is 5.25. The zero-order valence-electron chi connectivity index (χ0n) is 17.9. The van der Waals surface area contributed by atoms with E-state index in [1.807, 2.05) is 47.9 Å². The van der Waals surface area contributed by atoms with Crippen molar-refractivity contribution in [1.29, 1.82) is 0 Å². The predicted molar refractivity (Wildman–Crippen MR) is 124 cm³/mol. The monoisotopic (exact) mass is 446 g/mol. The lowest BCUT2D eigenvalue weighted by atomic mass is 10.1. The van der Waals surface area contributed by atoms with Crippen molar-refractivity contribution in [3.05, 3.63) is 107 Å². The topological polar surface area (TPSA) is 59.8 Å². The van der Waals surface area contributed by atoms with Crippen molar-refractivity contribution in [3.8, 4) is 5.69 Å². The molecule has 0 aliphatic rings. The highest BCUT2D eigenvalue weighted by Crippen LogP contribution is 2.26. The summed E-state index contributed by atoms with van der Waals surface area (Å²) in [6.07, 6.45) is 0. The first-order chi connectivity index (χ1) is 15.5. The van der Waals surface area contributed by atoms with E-state index >= 15 is 0 Å². The standard InChI is InChI=1S/C25H23FN4OS/c1-17-7-13-22(14-8-17)30-18(2)28-29-25(30)32-16-20-5-3-4-6-23(20)24(31)27-15-19-9-11-21(26)12-10-19/h3-14H,15-16H2,1-2H3,(H,27,31). The molecule has 1 heterocycles. The van der Waals surface area contributed by atoms with Crippen molar-refractivity contribution in [3.63, 3.8) is 0 Å². The molecule has 32 heavy (non-hydrogen) atoms. The summed E-state index contributed by atoms with van der Waals surface area (Å²) < 4.78 is 15.1. The van der Waals surface area contributed by atoms with Crippen LogP contribution in [0.5, 0.6) is 0 Å². The van der Waals surface area contributed by atoms with Crippen molar-refractivity contribution < 1.29 is 9.18 Å². The van der Waals surface area contributed by atoms with E-state index in [1.54, 1.807) is 12.1 Å². The van der Waals surface area contributed by atoms with Crippen LogP contribution in [0.25, 0.3) is 5.69 Å². The number of rotatable bonds is 7. The van der Waals surface area contributed by atoms with Gasteiger partial charge >= 0.3 is 0 Å². The van der Waals surface area contributed by atoms with Gasteiger partial charge in [-0.1, -0.05) is 59.8 Å². The molecule has 0 unspecified atom stereocenters. The minimum atomic E-state index is -0.295. The van der Waals surface area contributed by atoms with Crippen LogP contribution in [0.1, 0.15) is 32.9 Å². The van der Waals surface area contributed by atoms with Crippen LogP contribution >= 0.6 is 11.8 Å². The van der Waals surface area contributed by atoms with E-state index in [0.29, 0.717) is 17.9 Å². The van der Waals surface area contributed by atoms with Crippen LogP contribution in [-0.2, 0) is 12.3 Å². The van der Waals surface area contributed by atoms with Gasteiger partial charge in [0.25, 0.3) is 5.91 Å². The number of amides is 1. The van der Waals surface area contributed by atoms with Crippen LogP contribution in [0.3, 0.4) is 0 Å². The molecule has 5 nitrogen and oxygen atoms in total. The lowest BCUT2D eigenvalue weighted by molar-refractivity contribution is 0.0950. The number of benzene rings is 3. The number of hydrogen-bond acceptors (Lipinski definition) is 4. The Morgan fingerprint density at radius 1 is 0.969 bits per heavy atom. The Balaban J connectivity index is 1.48. The number of halogens is 1. The van der Waals surface area contributed by atoms with Crippen molar-refractivity contribution in [2.24, 2.45) is 0 Å². The number of nitrogens with zero attached hydrogens (tertiary/aromatic N) is 3. The van der Waals surface area contributed by atoms with Crippen LogP contribution in [0.4, 0.5) is 4.39 Å². The normalized spacial score (nSPS) is 10.8. The maximum Gasteiger partial charge on any atom is 0.251 e. The Morgan fingerprint density at radius 2 is 1.69 bits per heavy atom. The fourth-order valence-electron chi connectivity index (χ4n) is 3.32. The highest BCUT2D eigenvalue weighted by atomic mass is 32.2. The first kappa shape index (κ1) is 21.8. The summed E-state index contributed by atoms with van der Waals surface area (Å²) in [7, 11) is 0. The molecular formula is C25H23FN4OS. The number of thioether (sulfide) groups is 1. The summed E-state index contributed by atoms with van der Waals surface area (Å²) in [5, 5.41) is 12.3. The zero-order chi connectivity index (χ0) is 22.5. The minimum Gasteiger partial charge on any atom is -0.348 e. The van der Waals surface area contributed by atoms with E-state index in [2.05, 4.69) is 34.6 Å². The van der Waals surface area contributed by atoms with Crippen LogP contribution in [0, 0.1) is 19.7 Å². The smallest absolute Gasteiger partial charge is 0.251 e. The Labute approximate surface area is 190 Å². The third kappa shape index (κ3) is 5.06. The molecule has 0 saturated carbocycles. The van der Waals surface area contributed by atoms with Gasteiger partial charge in [-0.25, -0.2) is 4.39 Å². The van der Waals surface area contributed by atoms with E-state index in [4.69, 9.17) is 0 Å². The number of hydrogen-bond donors (Lipinski definition) is 1. The first-order valence-electron chi connectivity index (χ1n) is 10.2. The molecule has 4 rings (SSSR count). The highest BCUT2D eigenvalue weighted by molar-refractivity contribution is 7.98. The summed E-state index contributed by atoms with van der Waals surface area (Å²) >= 11 is 1.54. The van der Waals surface area contributed by atoms with Gasteiger partial charge in [0, 0.05) is 23.5 Å². The molecule has 7 heteroatoms. The Hall–Kier alpha value is -3.45. The second kappa shape index (κ2) is 9.78. The summed E-state index contributed by atoms with van der Waals surface area (Å²) in [4.78, 5) is 12.8. The van der Waals surface area contributed by atoms with E-state index in [-0.39, 0.29) is 11.7 Å².